The van der Waals surface area contributed by atoms with Gasteiger partial charge in [-0.2, -0.15) is 0 Å². The highest BCUT2D eigenvalue weighted by Crippen LogP contribution is 2.21. The third kappa shape index (κ3) is 4.74. The third-order valence-corrected chi connectivity index (χ3v) is 3.36. The molecule has 2 rings (SSSR count). The van der Waals surface area contributed by atoms with Gasteiger partial charge in [-0.3, -0.25) is 0 Å². The van der Waals surface area contributed by atoms with Gasteiger partial charge in [0.05, 0.1) is 6.04 Å². The van der Waals surface area contributed by atoms with Crippen molar-refractivity contribution in [3.63, 3.8) is 0 Å². The molecule has 116 valence electrons. The Balaban J connectivity index is 1.91. The van der Waals surface area contributed by atoms with Gasteiger partial charge in [0.25, 0.3) is 0 Å². The molecule has 1 fully saturated rings. The van der Waals surface area contributed by atoms with Crippen LogP contribution < -0.4 is 5.32 Å². The summed E-state index contributed by atoms with van der Waals surface area (Å²) in [6, 6.07) is 1.77. The number of hydrogen-bond acceptors (Lipinski definition) is 5. The molecule has 0 spiro atoms. The van der Waals surface area contributed by atoms with Crippen LogP contribution in [0.3, 0.4) is 0 Å². The molecule has 1 aromatic heterocycles. The highest BCUT2D eigenvalue weighted by Gasteiger charge is 2.31. The van der Waals surface area contributed by atoms with Crippen molar-refractivity contribution in [3.8, 4) is 0 Å². The number of nitrogens with zero attached hydrogens (tertiary/aromatic N) is 3. The monoisotopic (exact) mass is 312 g/mol. The minimum absolute atomic E-state index is 0.105. The predicted octanol–water partition coefficient (Wildman–Crippen LogP) is 2.94. The molecule has 1 aromatic rings. The SMILES string of the molecule is CC(C)(C)OC(=O)N1CCC[C@@H]1CNc1cc(Cl)ncn1. The highest BCUT2D eigenvalue weighted by molar-refractivity contribution is 6.29. The number of aromatic nitrogens is 2. The summed E-state index contributed by atoms with van der Waals surface area (Å²) < 4.78 is 5.44. The van der Waals surface area contributed by atoms with Crippen LogP contribution in [0.1, 0.15) is 33.6 Å². The van der Waals surface area contributed by atoms with Crippen molar-refractivity contribution in [1.82, 2.24) is 14.9 Å². The second-order valence-corrected chi connectivity index (χ2v) is 6.46. The molecule has 0 aromatic carbocycles. The van der Waals surface area contributed by atoms with Crippen LogP contribution in [0.25, 0.3) is 0 Å². The van der Waals surface area contributed by atoms with Crippen molar-refractivity contribution in [2.24, 2.45) is 0 Å². The zero-order chi connectivity index (χ0) is 15.5. The lowest BCUT2D eigenvalue weighted by Crippen LogP contribution is -2.42. The minimum Gasteiger partial charge on any atom is -0.444 e. The van der Waals surface area contributed by atoms with Crippen LogP contribution in [0, 0.1) is 0 Å². The van der Waals surface area contributed by atoms with E-state index >= 15 is 0 Å². The first-order chi connectivity index (χ1) is 9.85. The molecule has 6 nitrogen and oxygen atoms in total. The maximum absolute atomic E-state index is 12.2. The Morgan fingerprint density at radius 3 is 2.95 bits per heavy atom. The van der Waals surface area contributed by atoms with E-state index in [-0.39, 0.29) is 12.1 Å². The predicted molar refractivity (Wildman–Crippen MR) is 81.5 cm³/mol. The van der Waals surface area contributed by atoms with Crippen LogP contribution in [0.5, 0.6) is 0 Å². The van der Waals surface area contributed by atoms with Crippen LogP contribution >= 0.6 is 11.6 Å². The summed E-state index contributed by atoms with van der Waals surface area (Å²) in [6.45, 7) is 6.96. The first-order valence-corrected chi connectivity index (χ1v) is 7.44. The zero-order valence-electron chi connectivity index (χ0n) is 12.6. The van der Waals surface area contributed by atoms with Crippen LogP contribution in [0.4, 0.5) is 10.6 Å². The van der Waals surface area contributed by atoms with E-state index in [9.17, 15) is 4.79 Å². The number of nitrogens with one attached hydrogen (secondary N) is 1. The molecule has 21 heavy (non-hydrogen) atoms. The topological polar surface area (TPSA) is 67.3 Å². The van der Waals surface area contributed by atoms with E-state index < -0.39 is 5.60 Å². The number of anilines is 1. The van der Waals surface area contributed by atoms with Crippen molar-refractivity contribution < 1.29 is 9.53 Å². The molecular formula is C14H21ClN4O2. The molecule has 0 saturated carbocycles. The van der Waals surface area contributed by atoms with Gasteiger partial charge in [-0.05, 0) is 33.6 Å². The van der Waals surface area contributed by atoms with E-state index in [0.717, 1.165) is 19.4 Å². The number of hydrogen-bond donors (Lipinski definition) is 1. The third-order valence-electron chi connectivity index (χ3n) is 3.16. The van der Waals surface area contributed by atoms with E-state index in [1.54, 1.807) is 11.0 Å². The summed E-state index contributed by atoms with van der Waals surface area (Å²) in [5, 5.41) is 3.58. The fourth-order valence-corrected chi connectivity index (χ4v) is 2.41. The van der Waals surface area contributed by atoms with Gasteiger partial charge in [0.1, 0.15) is 22.9 Å². The highest BCUT2D eigenvalue weighted by atomic mass is 35.5. The lowest BCUT2D eigenvalue weighted by Gasteiger charge is -2.28. The van der Waals surface area contributed by atoms with Crippen LogP contribution in [-0.2, 0) is 4.74 Å². The Labute approximate surface area is 129 Å². The van der Waals surface area contributed by atoms with Crippen LogP contribution in [0.15, 0.2) is 12.4 Å². The van der Waals surface area contributed by atoms with Gasteiger partial charge in [0.15, 0.2) is 0 Å². The lowest BCUT2D eigenvalue weighted by molar-refractivity contribution is 0.0235. The summed E-state index contributed by atoms with van der Waals surface area (Å²) >= 11 is 5.82. The van der Waals surface area contributed by atoms with E-state index in [2.05, 4.69) is 15.3 Å². The summed E-state index contributed by atoms with van der Waals surface area (Å²) in [7, 11) is 0. The van der Waals surface area contributed by atoms with Gasteiger partial charge in [0, 0.05) is 19.2 Å². The van der Waals surface area contributed by atoms with Crippen molar-refractivity contribution in [1.29, 1.82) is 0 Å². The smallest absolute Gasteiger partial charge is 0.410 e. The van der Waals surface area contributed by atoms with E-state index in [4.69, 9.17) is 16.3 Å². The van der Waals surface area contributed by atoms with Gasteiger partial charge >= 0.3 is 6.09 Å². The molecule has 1 aliphatic rings. The number of carbonyl (C=O) groups excluding carboxylic acids is 1. The van der Waals surface area contributed by atoms with Gasteiger partial charge in [0.2, 0.25) is 0 Å². The Bertz CT molecular complexity index is 504. The molecule has 1 N–H and O–H groups in total. The van der Waals surface area contributed by atoms with E-state index in [0.29, 0.717) is 17.5 Å². The number of rotatable bonds is 3. The second-order valence-electron chi connectivity index (χ2n) is 6.08. The van der Waals surface area contributed by atoms with Gasteiger partial charge in [-0.15, -0.1) is 0 Å². The second kappa shape index (κ2) is 6.47. The molecule has 0 aliphatic carbocycles. The average molecular weight is 313 g/mol. The lowest BCUT2D eigenvalue weighted by atomic mass is 10.2. The van der Waals surface area contributed by atoms with Crippen LogP contribution in [-0.4, -0.2) is 45.7 Å². The molecule has 1 aliphatic heterocycles. The molecule has 1 atom stereocenters. The summed E-state index contributed by atoms with van der Waals surface area (Å²) in [5.41, 5.74) is -0.474. The number of likely N-dealkylation sites (tertiary alicyclic amines) is 1. The number of carbonyl (C=O) groups is 1. The molecule has 1 amide bonds. The molecule has 0 unspecified atom stereocenters. The molecule has 2 heterocycles. The summed E-state index contributed by atoms with van der Waals surface area (Å²) in [5.74, 6) is 0.658. The maximum Gasteiger partial charge on any atom is 0.410 e. The van der Waals surface area contributed by atoms with Gasteiger partial charge in [-0.25, -0.2) is 14.8 Å². The van der Waals surface area contributed by atoms with Crippen LogP contribution in [0.2, 0.25) is 5.15 Å². The largest absolute Gasteiger partial charge is 0.444 e. The maximum atomic E-state index is 12.2. The Hall–Kier alpha value is -1.56. The van der Waals surface area contributed by atoms with E-state index in [1.807, 2.05) is 20.8 Å². The standard InChI is InChI=1S/C14H21ClN4O2/c1-14(2,3)21-13(20)19-6-4-5-10(19)8-16-12-7-11(15)17-9-18-12/h7,9-10H,4-6,8H2,1-3H3,(H,16,17,18)/t10-/m1/s1. The normalized spacial score (nSPS) is 18.7. The molecule has 0 bridgehead atoms. The van der Waals surface area contributed by atoms with Gasteiger partial charge < -0.3 is 15.0 Å². The number of amides is 1. The fraction of sp³-hybridized carbons (Fsp3) is 0.643. The molecule has 7 heteroatoms. The molecule has 1 saturated heterocycles. The Kier molecular flexibility index (Phi) is 4.88. The first kappa shape index (κ1) is 15.8. The Morgan fingerprint density at radius 1 is 1.52 bits per heavy atom. The zero-order valence-corrected chi connectivity index (χ0v) is 13.4. The molecule has 0 radical (unpaired) electrons. The average Bonchev–Trinajstić information content (AvgIpc) is 2.83. The molecular weight excluding hydrogens is 292 g/mol. The van der Waals surface area contributed by atoms with Gasteiger partial charge in [-0.1, -0.05) is 11.6 Å². The van der Waals surface area contributed by atoms with Crippen molar-refractivity contribution >= 4 is 23.5 Å². The van der Waals surface area contributed by atoms with Crippen molar-refractivity contribution in [2.75, 3.05) is 18.4 Å². The minimum atomic E-state index is -0.474. The summed E-state index contributed by atoms with van der Waals surface area (Å²) in [4.78, 5) is 21.9. The van der Waals surface area contributed by atoms with Crippen molar-refractivity contribution in [2.45, 2.75) is 45.3 Å². The number of ether oxygens (including phenoxy) is 1. The fourth-order valence-electron chi connectivity index (χ4n) is 2.26. The quantitative estimate of drug-likeness (QED) is 0.869. The van der Waals surface area contributed by atoms with Crippen molar-refractivity contribution in [3.05, 3.63) is 17.5 Å². The van der Waals surface area contributed by atoms with E-state index in [1.165, 1.54) is 6.33 Å². The summed E-state index contributed by atoms with van der Waals surface area (Å²) in [6.07, 6.45) is 3.08. The Morgan fingerprint density at radius 2 is 2.29 bits per heavy atom. The number of halogens is 1. The first-order valence-electron chi connectivity index (χ1n) is 7.06.